The number of carboxylic acids is 1. The average molecular weight is 461 g/mol. The van der Waals surface area contributed by atoms with Gasteiger partial charge in [-0.25, -0.2) is 4.79 Å². The van der Waals surface area contributed by atoms with Crippen molar-refractivity contribution in [1.29, 1.82) is 0 Å². The smallest absolute Gasteiger partial charge is 0.353 e. The number of nitrogens with zero attached hydrogens (tertiary/aromatic N) is 1. The number of carboxylic acid groups (broad SMARTS) is 1. The first-order valence-electron chi connectivity index (χ1n) is 8.37. The maximum Gasteiger partial charge on any atom is 0.353 e. The maximum absolute atomic E-state index is 12.4. The molecule has 1 aromatic rings. The number of aliphatic carboxylic acids is 1. The van der Waals surface area contributed by atoms with Crippen LogP contribution in [0.15, 0.2) is 28.9 Å². The Morgan fingerprint density at radius 3 is 2.66 bits per heavy atom. The molecule has 2 amide bonds. The molecule has 9 nitrogen and oxygen atoms in total. The van der Waals surface area contributed by atoms with Crippen LogP contribution in [0.1, 0.15) is 16.7 Å². The Labute approximate surface area is 175 Å². The number of rotatable bonds is 6. The molecule has 29 heavy (non-hydrogen) atoms. The molecular formula is C17H17ClN2O7S2. The van der Waals surface area contributed by atoms with Gasteiger partial charge in [-0.15, -0.1) is 11.8 Å². The number of benzene rings is 1. The van der Waals surface area contributed by atoms with Gasteiger partial charge in [-0.2, -0.15) is 8.42 Å². The zero-order valence-electron chi connectivity index (χ0n) is 15.1. The lowest BCUT2D eigenvalue weighted by Crippen LogP contribution is -2.70. The number of aryl methyl sites for hydroxylation is 1. The van der Waals surface area contributed by atoms with Crippen LogP contribution >= 0.6 is 23.4 Å². The summed E-state index contributed by atoms with van der Waals surface area (Å²) in [6, 6.07) is 3.88. The summed E-state index contributed by atoms with van der Waals surface area (Å²) in [7, 11) is -4.16. The zero-order chi connectivity index (χ0) is 21.5. The molecule has 0 spiro atoms. The summed E-state index contributed by atoms with van der Waals surface area (Å²) in [5.74, 6) is -2.54. The van der Waals surface area contributed by atoms with Gasteiger partial charge < -0.3 is 10.4 Å². The highest BCUT2D eigenvalue weighted by Crippen LogP contribution is 2.41. The summed E-state index contributed by atoms with van der Waals surface area (Å²) >= 11 is 7.18. The van der Waals surface area contributed by atoms with Crippen LogP contribution < -0.4 is 5.32 Å². The van der Waals surface area contributed by atoms with E-state index in [9.17, 15) is 27.9 Å². The average Bonchev–Trinajstić information content (AvgIpc) is 2.60. The molecule has 2 heterocycles. The molecule has 3 rings (SSSR count). The number of hydrogen-bond donors (Lipinski definition) is 3. The van der Waals surface area contributed by atoms with Crippen LogP contribution in [0.4, 0.5) is 0 Å². The monoisotopic (exact) mass is 460 g/mol. The number of hydrogen-bond acceptors (Lipinski definition) is 6. The Bertz CT molecular complexity index is 1040. The number of β-lactam (4-membered cyclic amide) rings is 1. The van der Waals surface area contributed by atoms with Crippen molar-refractivity contribution in [3.63, 3.8) is 0 Å². The third-order valence-corrected chi connectivity index (χ3v) is 6.98. The van der Waals surface area contributed by atoms with Gasteiger partial charge in [0.25, 0.3) is 16.0 Å². The fourth-order valence-electron chi connectivity index (χ4n) is 3.22. The van der Waals surface area contributed by atoms with Crippen molar-refractivity contribution >= 4 is 51.3 Å². The van der Waals surface area contributed by atoms with Gasteiger partial charge >= 0.3 is 5.97 Å². The summed E-state index contributed by atoms with van der Waals surface area (Å²) in [5.41, 5.74) is 1.38. The van der Waals surface area contributed by atoms with E-state index in [1.165, 1.54) is 17.8 Å². The van der Waals surface area contributed by atoms with Crippen molar-refractivity contribution in [3.8, 4) is 0 Å². The van der Waals surface area contributed by atoms with E-state index in [1.807, 2.05) is 0 Å². The first-order valence-corrected chi connectivity index (χ1v) is 11.4. The van der Waals surface area contributed by atoms with Gasteiger partial charge in [0.05, 0.1) is 11.5 Å². The Morgan fingerprint density at radius 2 is 2.07 bits per heavy atom. The van der Waals surface area contributed by atoms with Gasteiger partial charge in [-0.1, -0.05) is 29.8 Å². The first kappa shape index (κ1) is 21.6. The van der Waals surface area contributed by atoms with Crippen molar-refractivity contribution in [2.75, 3.05) is 5.75 Å². The molecular weight excluding hydrogens is 444 g/mol. The highest BCUT2D eigenvalue weighted by Gasteiger charge is 2.54. The van der Waals surface area contributed by atoms with E-state index >= 15 is 0 Å². The number of fused-ring (bicyclic) bond motifs is 1. The van der Waals surface area contributed by atoms with Gasteiger partial charge in [0.15, 0.2) is 0 Å². The Morgan fingerprint density at radius 1 is 1.38 bits per heavy atom. The van der Waals surface area contributed by atoms with Gasteiger partial charge in [0, 0.05) is 5.75 Å². The molecule has 12 heteroatoms. The molecule has 0 saturated carbocycles. The van der Waals surface area contributed by atoms with Gasteiger partial charge in [-0.05, 0) is 23.6 Å². The Kier molecular flexibility index (Phi) is 5.95. The topological polar surface area (TPSA) is 141 Å². The third kappa shape index (κ3) is 4.58. The van der Waals surface area contributed by atoms with Crippen molar-refractivity contribution in [2.24, 2.45) is 0 Å². The van der Waals surface area contributed by atoms with Gasteiger partial charge in [0.2, 0.25) is 5.91 Å². The van der Waals surface area contributed by atoms with Crippen LogP contribution in [0.25, 0.3) is 0 Å². The van der Waals surface area contributed by atoms with Crippen LogP contribution in [-0.4, -0.2) is 57.9 Å². The summed E-state index contributed by atoms with van der Waals surface area (Å²) < 4.78 is 31.0. The van der Waals surface area contributed by atoms with E-state index in [0.29, 0.717) is 16.7 Å². The van der Waals surface area contributed by atoms with Crippen molar-refractivity contribution < 1.29 is 32.5 Å². The fraction of sp³-hybridized carbons (Fsp3) is 0.353. The normalized spacial score (nSPS) is 21.5. The summed E-state index contributed by atoms with van der Waals surface area (Å²) in [4.78, 5) is 37.1. The second-order valence-corrected chi connectivity index (χ2v) is 9.69. The number of halogens is 1. The van der Waals surface area contributed by atoms with Crippen LogP contribution in [0, 0.1) is 6.92 Å². The molecule has 0 aliphatic carbocycles. The van der Waals surface area contributed by atoms with Gasteiger partial charge in [0.1, 0.15) is 22.9 Å². The molecule has 0 aromatic heterocycles. The van der Waals surface area contributed by atoms with Gasteiger partial charge in [-0.3, -0.25) is 19.0 Å². The van der Waals surface area contributed by atoms with Crippen molar-refractivity contribution in [3.05, 3.63) is 45.6 Å². The van der Waals surface area contributed by atoms with E-state index in [0.717, 1.165) is 4.90 Å². The molecule has 0 bridgehead atoms. The minimum absolute atomic E-state index is 0.0451. The van der Waals surface area contributed by atoms with E-state index in [-0.39, 0.29) is 22.9 Å². The predicted molar refractivity (Wildman–Crippen MR) is 106 cm³/mol. The number of carbonyl (C=O) groups is 3. The fourth-order valence-corrected chi connectivity index (χ4v) is 5.49. The minimum atomic E-state index is -4.16. The predicted octanol–water partition coefficient (Wildman–Crippen LogP) is 0.860. The Balaban J connectivity index is 1.65. The summed E-state index contributed by atoms with van der Waals surface area (Å²) in [6.45, 7) is 1.66. The van der Waals surface area contributed by atoms with E-state index in [2.05, 4.69) is 5.32 Å². The highest BCUT2D eigenvalue weighted by molar-refractivity contribution is 8.00. The zero-order valence-corrected chi connectivity index (χ0v) is 17.5. The van der Waals surface area contributed by atoms with E-state index < -0.39 is 45.1 Å². The van der Waals surface area contributed by atoms with Crippen LogP contribution in [0.3, 0.4) is 0 Å². The molecule has 2 atom stereocenters. The lowest BCUT2D eigenvalue weighted by atomic mass is 10.0. The molecule has 1 saturated heterocycles. The van der Waals surface area contributed by atoms with E-state index in [4.69, 9.17) is 16.2 Å². The molecule has 3 N–H and O–H groups in total. The van der Waals surface area contributed by atoms with Crippen LogP contribution in [-0.2, 0) is 36.7 Å². The second-order valence-electron chi connectivity index (χ2n) is 6.68. The molecule has 1 aromatic carbocycles. The highest BCUT2D eigenvalue weighted by atomic mass is 35.5. The Hall–Kier alpha value is -2.08. The molecule has 2 aliphatic heterocycles. The SMILES string of the molecule is Cc1cc(CC(=O)NC2C(=O)N3C(C(=O)O)=C(Cl)CS[C@@H]23)ccc1CS(=O)(=O)O. The standard InChI is InChI=1S/C17H17ClN2O7S2/c1-8-4-9(2-3-10(8)7-29(25,26)27)5-12(21)19-13-15(22)20-14(17(23)24)11(18)6-28-16(13)20/h2-4,13,16H,5-7H2,1H3,(H,19,21)(H,23,24)(H,25,26,27)/t13?,16-/m0/s1. The molecule has 1 fully saturated rings. The summed E-state index contributed by atoms with van der Waals surface area (Å²) in [6.07, 6.45) is -0.0451. The second kappa shape index (κ2) is 7.98. The largest absolute Gasteiger partial charge is 0.477 e. The number of thioether (sulfide) groups is 1. The van der Waals surface area contributed by atoms with Crippen LogP contribution in [0.5, 0.6) is 0 Å². The minimum Gasteiger partial charge on any atom is -0.477 e. The number of amides is 2. The third-order valence-electron chi connectivity index (χ3n) is 4.55. The van der Waals surface area contributed by atoms with Crippen molar-refractivity contribution in [2.45, 2.75) is 30.5 Å². The lowest BCUT2D eigenvalue weighted by molar-refractivity contribution is -0.150. The number of carbonyl (C=O) groups excluding carboxylic acids is 2. The number of nitrogens with one attached hydrogen (secondary N) is 1. The molecule has 156 valence electrons. The lowest BCUT2D eigenvalue weighted by Gasteiger charge is -2.48. The molecule has 0 radical (unpaired) electrons. The quantitative estimate of drug-likeness (QED) is 0.419. The van der Waals surface area contributed by atoms with E-state index in [1.54, 1.807) is 19.1 Å². The summed E-state index contributed by atoms with van der Waals surface area (Å²) in [5, 5.41) is 11.4. The van der Waals surface area contributed by atoms with Crippen molar-refractivity contribution in [1.82, 2.24) is 10.2 Å². The molecule has 2 aliphatic rings. The molecule has 1 unspecified atom stereocenters. The first-order chi connectivity index (χ1) is 13.5. The van der Waals surface area contributed by atoms with Crippen LogP contribution in [0.2, 0.25) is 0 Å². The maximum atomic E-state index is 12.4.